The summed E-state index contributed by atoms with van der Waals surface area (Å²) in [6, 6.07) is 15.2. The molecule has 1 aliphatic carbocycles. The number of β-amino-alcohol motifs (C(OH)–C–C–N with tert-alkyl or cyclic N) is 1. The van der Waals surface area contributed by atoms with Crippen molar-refractivity contribution in [1.29, 1.82) is 5.26 Å². The lowest BCUT2D eigenvalue weighted by Crippen LogP contribution is -2.46. The van der Waals surface area contributed by atoms with Crippen LogP contribution in [-0.4, -0.2) is 88.1 Å². The van der Waals surface area contributed by atoms with Crippen molar-refractivity contribution in [3.8, 4) is 17.6 Å². The normalized spacial score (nSPS) is 23.4. The van der Waals surface area contributed by atoms with Crippen molar-refractivity contribution in [1.82, 2.24) is 14.8 Å². The predicted molar refractivity (Wildman–Crippen MR) is 208 cm³/mol. The van der Waals surface area contributed by atoms with Crippen molar-refractivity contribution in [2.75, 3.05) is 39.4 Å². The summed E-state index contributed by atoms with van der Waals surface area (Å²) in [5.41, 5.74) is 4.58. The molecule has 286 valence electrons. The highest BCUT2D eigenvalue weighted by Gasteiger charge is 2.40. The largest absolute Gasteiger partial charge is 0.489 e. The van der Waals surface area contributed by atoms with E-state index in [0.29, 0.717) is 54.7 Å². The summed E-state index contributed by atoms with van der Waals surface area (Å²) in [5, 5.41) is 29.9. The van der Waals surface area contributed by atoms with Gasteiger partial charge in [-0.2, -0.15) is 5.26 Å². The Balaban J connectivity index is 1.26. The Hall–Kier alpha value is -4.24. The van der Waals surface area contributed by atoms with Crippen LogP contribution in [0.3, 0.4) is 0 Å². The molecule has 3 aromatic rings. The molecule has 2 aromatic carbocycles. The van der Waals surface area contributed by atoms with E-state index in [2.05, 4.69) is 60.2 Å². The number of halogens is 1. The zero-order valence-electron chi connectivity index (χ0n) is 31.3. The molecule has 0 radical (unpaired) electrons. The molecule has 4 atom stereocenters. The van der Waals surface area contributed by atoms with E-state index in [9.17, 15) is 20.3 Å². The molecule has 0 spiro atoms. The van der Waals surface area contributed by atoms with E-state index >= 15 is 0 Å². The molecule has 2 N–H and O–H groups in total. The van der Waals surface area contributed by atoms with Gasteiger partial charge < -0.3 is 29.3 Å². The summed E-state index contributed by atoms with van der Waals surface area (Å²) in [4.78, 5) is 20.6. The van der Waals surface area contributed by atoms with Gasteiger partial charge in [0, 0.05) is 61.7 Å². The van der Waals surface area contributed by atoms with Gasteiger partial charge in [-0.1, -0.05) is 61.4 Å². The maximum absolute atomic E-state index is 12.2. The summed E-state index contributed by atoms with van der Waals surface area (Å²) in [6.07, 6.45) is 14.2. The van der Waals surface area contributed by atoms with Crippen molar-refractivity contribution < 1.29 is 29.2 Å². The van der Waals surface area contributed by atoms with Gasteiger partial charge in [-0.3, -0.25) is 14.7 Å². The molecular weight excluding hydrogens is 704 g/mol. The van der Waals surface area contributed by atoms with Gasteiger partial charge in [0.2, 0.25) is 0 Å². The first-order chi connectivity index (χ1) is 26.2. The third kappa shape index (κ3) is 9.70. The number of aromatic nitrogens is 1. The van der Waals surface area contributed by atoms with E-state index in [0.717, 1.165) is 67.5 Å². The average Bonchev–Trinajstić information content (AvgIpc) is 3.17. The highest BCUT2D eigenvalue weighted by Crippen LogP contribution is 2.42. The number of allylic oxidation sites excluding steroid dienone is 2. The number of carboxylic acids is 1. The van der Waals surface area contributed by atoms with Gasteiger partial charge in [-0.25, -0.2) is 0 Å². The van der Waals surface area contributed by atoms with Crippen LogP contribution in [0.4, 0.5) is 0 Å². The summed E-state index contributed by atoms with van der Waals surface area (Å²) in [7, 11) is 0. The summed E-state index contributed by atoms with van der Waals surface area (Å²) < 4.78 is 19.9. The fourth-order valence-electron chi connectivity index (χ4n) is 7.86. The molecular formula is C43H51ClN4O6. The minimum absolute atomic E-state index is 0.0684. The zero-order valence-corrected chi connectivity index (χ0v) is 32.0. The van der Waals surface area contributed by atoms with Crippen LogP contribution in [0.25, 0.3) is 5.57 Å². The number of pyridine rings is 1. The Labute approximate surface area is 323 Å². The quantitative estimate of drug-likeness (QED) is 0.154. The number of aryl methyl sites for hydroxylation is 1. The number of hydrogen-bond donors (Lipinski definition) is 2. The predicted octanol–water partition coefficient (Wildman–Crippen LogP) is 7.20. The number of carbonyl (C=O) groups is 1. The molecule has 0 amide bonds. The molecule has 2 unspecified atom stereocenters. The van der Waals surface area contributed by atoms with Gasteiger partial charge in [0.25, 0.3) is 0 Å². The Kier molecular flexibility index (Phi) is 13.4. The fourth-order valence-corrected chi connectivity index (χ4v) is 8.10. The second kappa shape index (κ2) is 18.4. The van der Waals surface area contributed by atoms with Crippen LogP contribution in [0.2, 0.25) is 5.02 Å². The van der Waals surface area contributed by atoms with E-state index in [1.807, 2.05) is 23.1 Å². The Bertz CT molecular complexity index is 1880. The van der Waals surface area contributed by atoms with Crippen molar-refractivity contribution in [2.24, 2.45) is 5.92 Å². The number of benzene rings is 2. The summed E-state index contributed by atoms with van der Waals surface area (Å²) in [6.45, 7) is 8.62. The van der Waals surface area contributed by atoms with E-state index in [1.165, 1.54) is 11.8 Å². The number of aliphatic carboxylic acids is 1. The Morgan fingerprint density at radius 1 is 1.09 bits per heavy atom. The maximum Gasteiger partial charge on any atom is 0.320 e. The molecule has 2 saturated heterocycles. The van der Waals surface area contributed by atoms with Gasteiger partial charge in [0.05, 0.1) is 16.7 Å². The van der Waals surface area contributed by atoms with Crippen LogP contribution in [-0.2, 0) is 22.7 Å². The van der Waals surface area contributed by atoms with Gasteiger partial charge in [-0.05, 0) is 87.0 Å². The number of nitrogens with zero attached hydrogens (tertiary/aromatic N) is 4. The van der Waals surface area contributed by atoms with Crippen molar-refractivity contribution >= 4 is 23.1 Å². The lowest BCUT2D eigenvalue weighted by atomic mass is 9.76. The van der Waals surface area contributed by atoms with Gasteiger partial charge in [-0.15, -0.1) is 0 Å². The van der Waals surface area contributed by atoms with E-state index in [4.69, 9.17) is 25.8 Å². The lowest BCUT2D eigenvalue weighted by molar-refractivity contribution is -0.144. The molecule has 2 aliphatic heterocycles. The Morgan fingerprint density at radius 2 is 1.94 bits per heavy atom. The van der Waals surface area contributed by atoms with Crippen LogP contribution >= 0.6 is 11.6 Å². The van der Waals surface area contributed by atoms with Crippen molar-refractivity contribution in [2.45, 2.75) is 83.3 Å². The third-order valence-corrected chi connectivity index (χ3v) is 11.2. The lowest BCUT2D eigenvalue weighted by Gasteiger charge is -2.40. The fraction of sp³-hybridized carbons (Fsp3) is 0.465. The van der Waals surface area contributed by atoms with E-state index in [-0.39, 0.29) is 25.2 Å². The standard InChI is InChI=1S/C43H51ClN4O6/c1-30-10-3-4-12-36(30)37-13-7-15-43(31(37)2,54-19-9-17-47-16-8-11-35(49)27-47)29-53-41-22-40(52-28-33-20-32(23-45)24-46-25-33)34(21-38(41)44)26-48-18-6-5-14-39(48)42(50)51/h3-4,7,10,12-13,15,20-22,24-25,31,35,39,49H,5-6,8-9,11,14,16-19,26-29H2,1-2H3,(H,50,51)/t31?,35-,39-,43?/m0/s1. The van der Waals surface area contributed by atoms with Crippen LogP contribution in [0.5, 0.6) is 11.5 Å². The smallest absolute Gasteiger partial charge is 0.320 e. The monoisotopic (exact) mass is 754 g/mol. The first-order valence-corrected chi connectivity index (χ1v) is 19.4. The van der Waals surface area contributed by atoms with Crippen LogP contribution in [0, 0.1) is 24.2 Å². The minimum Gasteiger partial charge on any atom is -0.489 e. The molecule has 0 saturated carbocycles. The average molecular weight is 755 g/mol. The molecule has 3 aliphatic rings. The first kappa shape index (κ1) is 39.5. The number of ether oxygens (including phenoxy) is 3. The number of carboxylic acid groups (broad SMARTS) is 1. The summed E-state index contributed by atoms with van der Waals surface area (Å²) in [5.74, 6) is 0.0276. The molecule has 11 heteroatoms. The number of piperidine rings is 2. The molecule has 6 rings (SSSR count). The second-order valence-electron chi connectivity index (χ2n) is 14.8. The van der Waals surface area contributed by atoms with E-state index in [1.54, 1.807) is 18.3 Å². The van der Waals surface area contributed by atoms with Crippen LogP contribution < -0.4 is 9.47 Å². The van der Waals surface area contributed by atoms with Crippen LogP contribution in [0.15, 0.2) is 73.1 Å². The molecule has 0 bridgehead atoms. The maximum atomic E-state index is 12.2. The minimum atomic E-state index is -0.838. The first-order valence-electron chi connectivity index (χ1n) is 19.0. The Morgan fingerprint density at radius 3 is 2.74 bits per heavy atom. The van der Waals surface area contributed by atoms with E-state index < -0.39 is 17.6 Å². The highest BCUT2D eigenvalue weighted by molar-refractivity contribution is 6.32. The number of likely N-dealkylation sites (tertiary alicyclic amines) is 2. The number of aliphatic hydroxyl groups is 1. The number of nitriles is 1. The molecule has 2 fully saturated rings. The zero-order chi connectivity index (χ0) is 38.1. The van der Waals surface area contributed by atoms with Gasteiger partial charge in [0.1, 0.15) is 42.4 Å². The van der Waals surface area contributed by atoms with Crippen molar-refractivity contribution in [3.63, 3.8) is 0 Å². The molecule has 3 heterocycles. The topological polar surface area (TPSA) is 128 Å². The highest BCUT2D eigenvalue weighted by atomic mass is 35.5. The van der Waals surface area contributed by atoms with Crippen LogP contribution in [0.1, 0.15) is 73.3 Å². The second-order valence-corrected chi connectivity index (χ2v) is 15.2. The number of aliphatic hydroxyl groups excluding tert-OH is 1. The van der Waals surface area contributed by atoms with Gasteiger partial charge in [0.15, 0.2) is 0 Å². The summed E-state index contributed by atoms with van der Waals surface area (Å²) >= 11 is 6.99. The molecule has 54 heavy (non-hydrogen) atoms. The van der Waals surface area contributed by atoms with Gasteiger partial charge >= 0.3 is 5.97 Å². The molecule has 10 nitrogen and oxygen atoms in total. The van der Waals surface area contributed by atoms with Crippen molar-refractivity contribution in [3.05, 3.63) is 106 Å². The SMILES string of the molecule is Cc1ccccc1C1=CC=CC(COc2cc(OCc3cncc(C#N)c3)c(CN3CCCC[C@H]3C(=O)O)cc2Cl)(OCCCN2CCC[C@H](O)C2)C1C. The molecule has 1 aromatic heterocycles. The number of rotatable bonds is 15. The third-order valence-electron chi connectivity index (χ3n) is 10.9. The number of hydrogen-bond acceptors (Lipinski definition) is 9.